The first-order chi connectivity index (χ1) is 9.70. The third kappa shape index (κ3) is 15.6. The van der Waals surface area contributed by atoms with Crippen molar-refractivity contribution < 1.29 is 20.4 Å². The van der Waals surface area contributed by atoms with Crippen molar-refractivity contribution in [3.05, 3.63) is 0 Å². The summed E-state index contributed by atoms with van der Waals surface area (Å²) in [5.74, 6) is 3.37. The number of unbranched alkanes of at least 4 members (excludes halogenated alkanes) is 3. The Kier molecular flexibility index (Phi) is 17.6. The van der Waals surface area contributed by atoms with E-state index in [1.807, 2.05) is 0 Å². The van der Waals surface area contributed by atoms with Gasteiger partial charge in [-0.1, -0.05) is 56.0 Å². The molecule has 0 heterocycles. The third-order valence-electron chi connectivity index (χ3n) is 2.31. The Balaban J connectivity index is 3.03. The molecule has 2 atom stereocenters. The Hall–Kier alpha value is 1.24. The maximum Gasteiger partial charge on any atom is 0.0869 e. The lowest BCUT2D eigenvalue weighted by Crippen LogP contribution is -2.13. The minimum Gasteiger partial charge on any atom is -0.394 e. The monoisotopic (exact) mass is 362 g/mol. The molecule has 0 aliphatic heterocycles. The van der Waals surface area contributed by atoms with Crippen molar-refractivity contribution in [1.82, 2.24) is 0 Å². The number of aliphatic hydroxyl groups excluding tert-OH is 4. The fourth-order valence-corrected chi connectivity index (χ4v) is 5.68. The number of hydrogen-bond acceptors (Lipinski definition) is 8. The number of aliphatic hydroxyl groups is 4. The van der Waals surface area contributed by atoms with Gasteiger partial charge in [-0.15, -0.1) is 0 Å². The van der Waals surface area contributed by atoms with Crippen molar-refractivity contribution in [2.45, 2.75) is 37.9 Å². The van der Waals surface area contributed by atoms with Crippen molar-refractivity contribution in [3.8, 4) is 0 Å². The molecule has 122 valence electrons. The predicted molar refractivity (Wildman–Crippen MR) is 94.5 cm³/mol. The van der Waals surface area contributed by atoms with Gasteiger partial charge < -0.3 is 20.4 Å². The summed E-state index contributed by atoms with van der Waals surface area (Å²) in [6.07, 6.45) is 3.64. The average molecular weight is 363 g/mol. The van der Waals surface area contributed by atoms with Gasteiger partial charge in [-0.25, -0.2) is 0 Å². The molecule has 0 saturated heterocycles. The molecule has 0 spiro atoms. The maximum absolute atomic E-state index is 9.13. The van der Waals surface area contributed by atoms with Gasteiger partial charge in [0.05, 0.1) is 25.4 Å². The molecule has 0 bridgehead atoms. The molecule has 8 heteroatoms. The van der Waals surface area contributed by atoms with E-state index in [2.05, 4.69) is 0 Å². The average Bonchev–Trinajstić information content (AvgIpc) is 2.47. The summed E-state index contributed by atoms with van der Waals surface area (Å²) >= 11 is 0. The van der Waals surface area contributed by atoms with E-state index in [1.54, 1.807) is 43.2 Å². The maximum atomic E-state index is 9.13. The second kappa shape index (κ2) is 16.6. The van der Waals surface area contributed by atoms with E-state index in [0.29, 0.717) is 11.5 Å². The summed E-state index contributed by atoms with van der Waals surface area (Å²) < 4.78 is 0. The lowest BCUT2D eigenvalue weighted by Gasteiger charge is -2.06. The van der Waals surface area contributed by atoms with E-state index in [-0.39, 0.29) is 13.2 Å². The molecular weight excluding hydrogens is 336 g/mol. The van der Waals surface area contributed by atoms with Crippen LogP contribution in [0.1, 0.15) is 25.7 Å². The standard InChI is InChI=1S/C12H26O4S4/c13-7-11(15)9-19-17-5-3-1-2-4-6-18-20-10-12(16)8-14/h11-16H,1-10H2. The third-order valence-corrected chi connectivity index (χ3v) is 7.42. The SMILES string of the molecule is OCC(O)CSSCCCCCCSSCC(O)CO. The summed E-state index contributed by atoms with van der Waals surface area (Å²) in [7, 11) is 6.76. The van der Waals surface area contributed by atoms with Crippen molar-refractivity contribution in [3.63, 3.8) is 0 Å². The second-order valence-electron chi connectivity index (χ2n) is 4.30. The van der Waals surface area contributed by atoms with Crippen molar-refractivity contribution >= 4 is 43.2 Å². The highest BCUT2D eigenvalue weighted by Crippen LogP contribution is 2.25. The first-order valence-corrected chi connectivity index (χ1v) is 11.7. The molecule has 0 aliphatic carbocycles. The Morgan fingerprint density at radius 3 is 1.35 bits per heavy atom. The molecule has 0 radical (unpaired) electrons. The number of hydrogen-bond donors (Lipinski definition) is 4. The van der Waals surface area contributed by atoms with Gasteiger partial charge >= 0.3 is 0 Å². The van der Waals surface area contributed by atoms with Gasteiger partial charge in [0.25, 0.3) is 0 Å². The quantitative estimate of drug-likeness (QED) is 0.260. The smallest absolute Gasteiger partial charge is 0.0869 e. The van der Waals surface area contributed by atoms with Gasteiger partial charge in [0.1, 0.15) is 0 Å². The van der Waals surface area contributed by atoms with Gasteiger partial charge in [-0.05, 0) is 12.8 Å². The molecule has 4 nitrogen and oxygen atoms in total. The zero-order valence-electron chi connectivity index (χ0n) is 11.6. The summed E-state index contributed by atoms with van der Waals surface area (Å²) in [5, 5.41) is 35.5. The van der Waals surface area contributed by atoms with E-state index >= 15 is 0 Å². The molecule has 0 aliphatic rings. The molecule has 0 fully saturated rings. The van der Waals surface area contributed by atoms with Gasteiger partial charge in [0.15, 0.2) is 0 Å². The van der Waals surface area contributed by atoms with Crippen LogP contribution in [-0.4, -0.2) is 68.9 Å². The van der Waals surface area contributed by atoms with Crippen LogP contribution >= 0.6 is 43.2 Å². The van der Waals surface area contributed by atoms with Crippen LogP contribution < -0.4 is 0 Å². The highest BCUT2D eigenvalue weighted by atomic mass is 33.1. The number of rotatable bonds is 15. The summed E-state index contributed by atoms with van der Waals surface area (Å²) in [6, 6.07) is 0. The van der Waals surface area contributed by atoms with Gasteiger partial charge in [0.2, 0.25) is 0 Å². The molecular formula is C12H26O4S4. The molecule has 0 aromatic rings. The van der Waals surface area contributed by atoms with Gasteiger partial charge in [-0.3, -0.25) is 0 Å². The molecule has 20 heavy (non-hydrogen) atoms. The highest BCUT2D eigenvalue weighted by molar-refractivity contribution is 8.77. The normalized spacial score (nSPS) is 14.4. The minimum atomic E-state index is -0.591. The Labute approximate surface area is 137 Å². The summed E-state index contributed by atoms with van der Waals surface area (Å²) in [5.41, 5.74) is 0. The first kappa shape index (κ1) is 21.2. The minimum absolute atomic E-state index is 0.154. The van der Waals surface area contributed by atoms with Crippen LogP contribution in [0.15, 0.2) is 0 Å². The Morgan fingerprint density at radius 1 is 0.600 bits per heavy atom. The zero-order valence-corrected chi connectivity index (χ0v) is 14.9. The molecule has 4 N–H and O–H groups in total. The van der Waals surface area contributed by atoms with Crippen LogP contribution in [0.3, 0.4) is 0 Å². The van der Waals surface area contributed by atoms with Crippen LogP contribution in [0, 0.1) is 0 Å². The fraction of sp³-hybridized carbons (Fsp3) is 1.00. The Morgan fingerprint density at radius 2 is 1.00 bits per heavy atom. The van der Waals surface area contributed by atoms with Gasteiger partial charge in [-0.2, -0.15) is 0 Å². The van der Waals surface area contributed by atoms with Crippen LogP contribution in [0.5, 0.6) is 0 Å². The van der Waals surface area contributed by atoms with Crippen molar-refractivity contribution in [2.24, 2.45) is 0 Å². The molecule has 0 amide bonds. The lowest BCUT2D eigenvalue weighted by molar-refractivity contribution is 0.114. The van der Waals surface area contributed by atoms with E-state index in [9.17, 15) is 0 Å². The van der Waals surface area contributed by atoms with E-state index in [1.165, 1.54) is 25.7 Å². The summed E-state index contributed by atoms with van der Waals surface area (Å²) in [4.78, 5) is 0. The molecule has 2 unspecified atom stereocenters. The van der Waals surface area contributed by atoms with E-state index < -0.39 is 12.2 Å². The van der Waals surface area contributed by atoms with E-state index in [4.69, 9.17) is 20.4 Å². The van der Waals surface area contributed by atoms with Gasteiger partial charge in [0, 0.05) is 23.0 Å². The highest BCUT2D eigenvalue weighted by Gasteiger charge is 2.02. The molecule has 0 aromatic heterocycles. The zero-order chi connectivity index (χ0) is 15.1. The van der Waals surface area contributed by atoms with Crippen LogP contribution in [0.2, 0.25) is 0 Å². The lowest BCUT2D eigenvalue weighted by atomic mass is 10.2. The second-order valence-corrected chi connectivity index (χ2v) is 9.55. The van der Waals surface area contributed by atoms with Crippen molar-refractivity contribution in [2.75, 3.05) is 36.2 Å². The predicted octanol–water partition coefficient (Wildman–Crippen LogP) is 2.02. The largest absolute Gasteiger partial charge is 0.394 e. The van der Waals surface area contributed by atoms with Crippen molar-refractivity contribution in [1.29, 1.82) is 0 Å². The topological polar surface area (TPSA) is 80.9 Å². The van der Waals surface area contributed by atoms with Crippen LogP contribution in [0.4, 0.5) is 0 Å². The van der Waals surface area contributed by atoms with E-state index in [0.717, 1.165) is 11.5 Å². The van der Waals surface area contributed by atoms with Crippen LogP contribution in [-0.2, 0) is 0 Å². The van der Waals surface area contributed by atoms with Crippen LogP contribution in [0.25, 0.3) is 0 Å². The fourth-order valence-electron chi connectivity index (χ4n) is 1.15. The first-order valence-electron chi connectivity index (χ1n) is 6.77. The summed E-state index contributed by atoms with van der Waals surface area (Å²) in [6.45, 7) is -0.308. The Bertz CT molecular complexity index is 180. The molecule has 0 aromatic carbocycles. The molecule has 0 saturated carbocycles. The molecule has 0 rings (SSSR count).